The molecule has 0 bridgehead atoms. The largest absolute Gasteiger partial charge is 0.345 e. The maximum atomic E-state index is 12.6. The van der Waals surface area contributed by atoms with Crippen LogP contribution in [0.4, 0.5) is 0 Å². The molecule has 1 aromatic carbocycles. The third kappa shape index (κ3) is 3.06. The first kappa shape index (κ1) is 16.0. The van der Waals surface area contributed by atoms with Gasteiger partial charge >= 0.3 is 0 Å². The zero-order chi connectivity index (χ0) is 17.9. The van der Waals surface area contributed by atoms with Crippen LogP contribution in [0.15, 0.2) is 65.4 Å². The second kappa shape index (κ2) is 6.78. The molecule has 4 aromatic rings. The van der Waals surface area contributed by atoms with Crippen LogP contribution in [0.5, 0.6) is 0 Å². The number of nitrogens with one attached hydrogen (secondary N) is 1. The molecule has 3 aromatic heterocycles. The first-order valence-electron chi connectivity index (χ1n) is 7.89. The van der Waals surface area contributed by atoms with Gasteiger partial charge in [-0.05, 0) is 29.8 Å². The Morgan fingerprint density at radius 1 is 1.35 bits per heavy atom. The summed E-state index contributed by atoms with van der Waals surface area (Å²) in [5.41, 5.74) is 2.75. The summed E-state index contributed by atoms with van der Waals surface area (Å²) in [6, 6.07) is 13.2. The van der Waals surface area contributed by atoms with Crippen molar-refractivity contribution >= 4 is 28.3 Å². The minimum atomic E-state index is -0.314. The van der Waals surface area contributed by atoms with Crippen LogP contribution in [-0.4, -0.2) is 20.4 Å². The number of carbonyl (C=O) groups excluding carboxylic acids is 1. The van der Waals surface area contributed by atoms with Gasteiger partial charge in [0.15, 0.2) is 4.80 Å². The van der Waals surface area contributed by atoms with Gasteiger partial charge in [-0.15, -0.1) is 11.3 Å². The van der Waals surface area contributed by atoms with E-state index in [0.29, 0.717) is 28.1 Å². The van der Waals surface area contributed by atoms with Crippen molar-refractivity contribution in [3.63, 3.8) is 0 Å². The molecule has 0 aliphatic heterocycles. The van der Waals surface area contributed by atoms with Crippen molar-refractivity contribution in [3.8, 4) is 6.07 Å². The minimum Gasteiger partial charge on any atom is -0.345 e. The fourth-order valence-corrected chi connectivity index (χ4v) is 3.45. The second-order valence-corrected chi connectivity index (χ2v) is 6.52. The summed E-state index contributed by atoms with van der Waals surface area (Å²) in [7, 11) is 0. The van der Waals surface area contributed by atoms with Gasteiger partial charge in [-0.2, -0.15) is 10.3 Å². The van der Waals surface area contributed by atoms with E-state index in [4.69, 9.17) is 5.26 Å². The number of carbonyl (C=O) groups is 1. The van der Waals surface area contributed by atoms with Gasteiger partial charge in [-0.1, -0.05) is 12.1 Å². The van der Waals surface area contributed by atoms with Crippen molar-refractivity contribution in [2.75, 3.05) is 0 Å². The normalized spacial score (nSPS) is 11.6. The van der Waals surface area contributed by atoms with E-state index in [1.54, 1.807) is 24.5 Å². The van der Waals surface area contributed by atoms with Crippen molar-refractivity contribution in [3.05, 3.63) is 81.9 Å². The number of amides is 1. The molecule has 7 heteroatoms. The Bertz CT molecular complexity index is 1210. The predicted molar refractivity (Wildman–Crippen MR) is 98.6 cm³/mol. The van der Waals surface area contributed by atoms with Gasteiger partial charge in [0.1, 0.15) is 5.65 Å². The molecule has 1 amide bonds. The third-order valence-corrected chi connectivity index (χ3v) is 4.74. The van der Waals surface area contributed by atoms with E-state index < -0.39 is 0 Å². The van der Waals surface area contributed by atoms with E-state index in [9.17, 15) is 4.79 Å². The molecule has 0 aliphatic carbocycles. The summed E-state index contributed by atoms with van der Waals surface area (Å²) in [5.74, 6) is -0.314. The summed E-state index contributed by atoms with van der Waals surface area (Å²) in [5, 5.41) is 11.7. The third-order valence-electron chi connectivity index (χ3n) is 3.95. The summed E-state index contributed by atoms with van der Waals surface area (Å²) in [4.78, 5) is 24.7. The average Bonchev–Trinajstić information content (AvgIpc) is 3.29. The van der Waals surface area contributed by atoms with Gasteiger partial charge in [0.2, 0.25) is 0 Å². The topological polar surface area (TPSA) is 86.8 Å². The Hall–Kier alpha value is -3.50. The number of benzene rings is 1. The Morgan fingerprint density at radius 2 is 2.27 bits per heavy atom. The molecule has 0 aliphatic rings. The number of nitriles is 1. The first-order chi connectivity index (χ1) is 12.7. The number of hydrogen-bond donors (Lipinski definition) is 1. The van der Waals surface area contributed by atoms with Crippen molar-refractivity contribution in [1.82, 2.24) is 14.5 Å². The van der Waals surface area contributed by atoms with Gasteiger partial charge < -0.3 is 9.55 Å². The molecule has 3 heterocycles. The van der Waals surface area contributed by atoms with Crippen LogP contribution < -0.4 is 4.80 Å². The van der Waals surface area contributed by atoms with Gasteiger partial charge in [-0.25, -0.2) is 4.98 Å². The molecule has 0 radical (unpaired) electrons. The van der Waals surface area contributed by atoms with Crippen molar-refractivity contribution in [1.29, 1.82) is 5.26 Å². The summed E-state index contributed by atoms with van der Waals surface area (Å²) < 4.78 is 1.89. The lowest BCUT2D eigenvalue weighted by Crippen LogP contribution is -2.17. The number of aromatic amines is 1. The molecule has 26 heavy (non-hydrogen) atoms. The summed E-state index contributed by atoms with van der Waals surface area (Å²) in [6.07, 6.45) is 5.19. The Kier molecular flexibility index (Phi) is 4.17. The molecule has 0 atom stereocenters. The van der Waals surface area contributed by atoms with Crippen LogP contribution in [0.3, 0.4) is 0 Å². The molecular weight excluding hydrogens is 346 g/mol. The summed E-state index contributed by atoms with van der Waals surface area (Å²) >= 11 is 1.39. The Balaban J connectivity index is 1.67. The molecule has 0 saturated heterocycles. The molecule has 1 N–H and O–H groups in total. The molecule has 0 spiro atoms. The SMILES string of the molecule is N#Cc1cccc(Cn2ccsc2=NC(=O)c2c[nH]c3ncccc23)c1. The molecule has 0 unspecified atom stereocenters. The Morgan fingerprint density at radius 3 is 3.15 bits per heavy atom. The number of rotatable bonds is 3. The van der Waals surface area contributed by atoms with Crippen LogP contribution in [0, 0.1) is 11.3 Å². The van der Waals surface area contributed by atoms with Crippen molar-refractivity contribution in [2.45, 2.75) is 6.54 Å². The second-order valence-electron chi connectivity index (χ2n) is 5.64. The number of hydrogen-bond acceptors (Lipinski definition) is 4. The number of aromatic nitrogens is 3. The van der Waals surface area contributed by atoms with E-state index in [1.165, 1.54) is 11.3 Å². The van der Waals surface area contributed by atoms with E-state index in [1.807, 2.05) is 40.4 Å². The predicted octanol–water partition coefficient (Wildman–Crippen LogP) is 3.09. The van der Waals surface area contributed by atoms with Crippen molar-refractivity contribution in [2.24, 2.45) is 4.99 Å². The fourth-order valence-electron chi connectivity index (χ4n) is 2.72. The zero-order valence-corrected chi connectivity index (χ0v) is 14.4. The highest BCUT2D eigenvalue weighted by Gasteiger charge is 2.12. The first-order valence-corrected chi connectivity index (χ1v) is 8.77. The highest BCUT2D eigenvalue weighted by atomic mass is 32.1. The summed E-state index contributed by atoms with van der Waals surface area (Å²) in [6.45, 7) is 0.542. The highest BCUT2D eigenvalue weighted by molar-refractivity contribution is 7.07. The number of thiazole rings is 1. The molecule has 126 valence electrons. The molecular formula is C19H13N5OS. The zero-order valence-electron chi connectivity index (χ0n) is 13.6. The number of H-pyrrole nitrogens is 1. The maximum absolute atomic E-state index is 12.6. The number of fused-ring (bicyclic) bond motifs is 1. The lowest BCUT2D eigenvalue weighted by molar-refractivity contribution is 0.0999. The van der Waals surface area contributed by atoms with Crippen LogP contribution in [0.25, 0.3) is 11.0 Å². The van der Waals surface area contributed by atoms with Crippen LogP contribution in [0.1, 0.15) is 21.5 Å². The molecule has 0 fully saturated rings. The average molecular weight is 359 g/mol. The highest BCUT2D eigenvalue weighted by Crippen LogP contribution is 2.16. The Labute approximate surface area is 152 Å². The standard InChI is InChI=1S/C19H13N5OS/c20-10-13-3-1-4-14(9-13)12-24-7-8-26-19(24)23-18(25)16-11-22-17-15(16)5-2-6-21-17/h1-9,11H,12H2,(H,21,22). The van der Waals surface area contributed by atoms with E-state index in [-0.39, 0.29) is 5.91 Å². The smallest absolute Gasteiger partial charge is 0.281 e. The van der Waals surface area contributed by atoms with E-state index >= 15 is 0 Å². The lowest BCUT2D eigenvalue weighted by Gasteiger charge is -2.03. The van der Waals surface area contributed by atoms with E-state index in [0.717, 1.165) is 10.9 Å². The number of pyridine rings is 1. The van der Waals surface area contributed by atoms with Gasteiger partial charge in [0.25, 0.3) is 5.91 Å². The monoisotopic (exact) mass is 359 g/mol. The minimum absolute atomic E-state index is 0.314. The van der Waals surface area contributed by atoms with Gasteiger partial charge in [0.05, 0.1) is 17.2 Å². The van der Waals surface area contributed by atoms with Crippen LogP contribution in [0.2, 0.25) is 0 Å². The molecule has 6 nitrogen and oxygen atoms in total. The van der Waals surface area contributed by atoms with Gasteiger partial charge in [0, 0.05) is 35.9 Å². The lowest BCUT2D eigenvalue weighted by atomic mass is 10.1. The van der Waals surface area contributed by atoms with Crippen LogP contribution >= 0.6 is 11.3 Å². The van der Waals surface area contributed by atoms with Gasteiger partial charge in [-0.3, -0.25) is 4.79 Å². The maximum Gasteiger partial charge on any atom is 0.281 e. The molecule has 4 rings (SSSR count). The van der Waals surface area contributed by atoms with Crippen molar-refractivity contribution < 1.29 is 4.79 Å². The fraction of sp³-hybridized carbons (Fsp3) is 0.0526. The van der Waals surface area contributed by atoms with Crippen LogP contribution in [-0.2, 0) is 6.54 Å². The quantitative estimate of drug-likeness (QED) is 0.610. The molecule has 0 saturated carbocycles. The number of nitrogens with zero attached hydrogens (tertiary/aromatic N) is 4. The van der Waals surface area contributed by atoms with E-state index in [2.05, 4.69) is 21.0 Å².